The zero-order valence-electron chi connectivity index (χ0n) is 10.9. The number of nitrogens with one attached hydrogen (secondary N) is 1. The highest BCUT2D eigenvalue weighted by molar-refractivity contribution is 5.78. The molecule has 0 aliphatic heterocycles. The van der Waals surface area contributed by atoms with E-state index in [1.807, 2.05) is 0 Å². The molecule has 20 heavy (non-hydrogen) atoms. The summed E-state index contributed by atoms with van der Waals surface area (Å²) < 4.78 is 45.5. The maximum atomic E-state index is 11.8. The molecule has 0 radical (unpaired) electrons. The van der Waals surface area contributed by atoms with Gasteiger partial charge in [0, 0.05) is 11.6 Å². The number of halogens is 3. The summed E-state index contributed by atoms with van der Waals surface area (Å²) in [6.45, 7) is -1.54. The monoisotopic (exact) mass is 293 g/mol. The summed E-state index contributed by atoms with van der Waals surface area (Å²) in [6, 6.07) is 4.77. The van der Waals surface area contributed by atoms with Gasteiger partial charge in [-0.1, -0.05) is 6.07 Å². The molecule has 0 saturated heterocycles. The van der Waals surface area contributed by atoms with E-state index in [1.54, 1.807) is 23.7 Å². The van der Waals surface area contributed by atoms with Crippen molar-refractivity contribution in [3.8, 4) is 11.5 Å². The topological polar surface area (TPSA) is 56.8 Å². The van der Waals surface area contributed by atoms with Crippen molar-refractivity contribution in [1.29, 1.82) is 0 Å². The van der Waals surface area contributed by atoms with Crippen molar-refractivity contribution in [2.75, 3.05) is 20.8 Å². The Hall–Kier alpha value is -1.96. The second-order valence-corrected chi connectivity index (χ2v) is 3.78. The standard InChI is InChI=1S/C12H14F3NO4/c1-18-9-4-3-8(10(6-9)19-2)5-11(17)16-20-7-12(13,14)15/h3-4,6H,5,7H2,1-2H3,(H,16,17). The van der Waals surface area contributed by atoms with E-state index in [2.05, 4.69) is 4.84 Å². The fraction of sp³-hybridized carbons (Fsp3) is 0.417. The van der Waals surface area contributed by atoms with Crippen LogP contribution in [0.4, 0.5) is 13.2 Å². The molecular weight excluding hydrogens is 279 g/mol. The lowest BCUT2D eigenvalue weighted by Gasteiger charge is -2.11. The number of hydroxylamine groups is 1. The van der Waals surface area contributed by atoms with Gasteiger partial charge < -0.3 is 9.47 Å². The molecule has 5 nitrogen and oxygen atoms in total. The number of carbonyl (C=O) groups is 1. The van der Waals surface area contributed by atoms with Gasteiger partial charge in [-0.3, -0.25) is 9.63 Å². The number of hydrogen-bond acceptors (Lipinski definition) is 4. The van der Waals surface area contributed by atoms with Crippen LogP contribution < -0.4 is 15.0 Å². The van der Waals surface area contributed by atoms with Gasteiger partial charge in [0.2, 0.25) is 5.91 Å². The van der Waals surface area contributed by atoms with Crippen LogP contribution >= 0.6 is 0 Å². The Labute approximate surface area is 113 Å². The predicted molar refractivity (Wildman–Crippen MR) is 63.4 cm³/mol. The number of amides is 1. The molecule has 0 aromatic heterocycles. The number of hydrogen-bond donors (Lipinski definition) is 1. The van der Waals surface area contributed by atoms with Crippen LogP contribution in [0.15, 0.2) is 18.2 Å². The molecule has 1 amide bonds. The van der Waals surface area contributed by atoms with E-state index in [0.29, 0.717) is 17.1 Å². The Morgan fingerprint density at radius 1 is 1.25 bits per heavy atom. The van der Waals surface area contributed by atoms with Crippen molar-refractivity contribution < 1.29 is 32.3 Å². The molecule has 0 atom stereocenters. The van der Waals surface area contributed by atoms with Crippen LogP contribution in [0.2, 0.25) is 0 Å². The highest BCUT2D eigenvalue weighted by Crippen LogP contribution is 2.24. The maximum Gasteiger partial charge on any atom is 0.414 e. The van der Waals surface area contributed by atoms with Crippen molar-refractivity contribution >= 4 is 5.91 Å². The maximum absolute atomic E-state index is 11.8. The number of methoxy groups -OCH3 is 2. The molecule has 1 aromatic rings. The first-order valence-electron chi connectivity index (χ1n) is 5.54. The number of alkyl halides is 3. The van der Waals surface area contributed by atoms with Gasteiger partial charge in [0.1, 0.15) is 11.5 Å². The molecule has 0 aliphatic carbocycles. The highest BCUT2D eigenvalue weighted by atomic mass is 19.4. The van der Waals surface area contributed by atoms with Crippen LogP contribution in [0.3, 0.4) is 0 Å². The molecular formula is C12H14F3NO4. The Bertz CT molecular complexity index is 463. The normalized spacial score (nSPS) is 11.1. The fourth-order valence-electron chi connectivity index (χ4n) is 1.41. The van der Waals surface area contributed by atoms with Gasteiger partial charge in [0.05, 0.1) is 20.6 Å². The summed E-state index contributed by atoms with van der Waals surface area (Å²) >= 11 is 0. The molecule has 0 saturated carbocycles. The van der Waals surface area contributed by atoms with Crippen molar-refractivity contribution in [3.05, 3.63) is 23.8 Å². The summed E-state index contributed by atoms with van der Waals surface area (Å²) in [5.41, 5.74) is 2.22. The third-order valence-corrected chi connectivity index (χ3v) is 2.27. The van der Waals surface area contributed by atoms with Gasteiger partial charge in [-0.2, -0.15) is 13.2 Å². The first-order chi connectivity index (χ1) is 9.35. The molecule has 0 aliphatic rings. The molecule has 112 valence electrons. The first-order valence-corrected chi connectivity index (χ1v) is 5.54. The Morgan fingerprint density at radius 2 is 1.95 bits per heavy atom. The van der Waals surface area contributed by atoms with E-state index in [9.17, 15) is 18.0 Å². The van der Waals surface area contributed by atoms with E-state index in [4.69, 9.17) is 9.47 Å². The molecule has 1 rings (SSSR count). The summed E-state index contributed by atoms with van der Waals surface area (Å²) in [6.07, 6.45) is -4.67. The van der Waals surface area contributed by atoms with Crippen LogP contribution in [0.1, 0.15) is 5.56 Å². The second-order valence-electron chi connectivity index (χ2n) is 3.78. The lowest BCUT2D eigenvalue weighted by molar-refractivity contribution is -0.191. The lowest BCUT2D eigenvalue weighted by Crippen LogP contribution is -2.30. The molecule has 0 bridgehead atoms. The predicted octanol–water partition coefficient (Wildman–Crippen LogP) is 1.86. The van der Waals surface area contributed by atoms with Crippen LogP contribution in [0, 0.1) is 0 Å². The van der Waals surface area contributed by atoms with Gasteiger partial charge in [-0.15, -0.1) is 0 Å². The van der Waals surface area contributed by atoms with Crippen LogP contribution in [0.5, 0.6) is 11.5 Å². The lowest BCUT2D eigenvalue weighted by atomic mass is 10.1. The van der Waals surface area contributed by atoms with Crippen molar-refractivity contribution in [2.24, 2.45) is 0 Å². The van der Waals surface area contributed by atoms with E-state index >= 15 is 0 Å². The molecule has 1 aromatic carbocycles. The number of rotatable bonds is 6. The second kappa shape index (κ2) is 6.99. The fourth-order valence-corrected chi connectivity index (χ4v) is 1.41. The van der Waals surface area contributed by atoms with Gasteiger partial charge in [0.15, 0.2) is 6.61 Å². The SMILES string of the molecule is COc1ccc(CC(=O)NOCC(F)(F)F)c(OC)c1. The van der Waals surface area contributed by atoms with E-state index in [-0.39, 0.29) is 6.42 Å². The number of carbonyl (C=O) groups excluding carboxylic acids is 1. The molecule has 0 heterocycles. The molecule has 0 fully saturated rings. The summed E-state index contributed by atoms with van der Waals surface area (Å²) in [5, 5.41) is 0. The minimum absolute atomic E-state index is 0.176. The smallest absolute Gasteiger partial charge is 0.414 e. The average Bonchev–Trinajstić information content (AvgIpc) is 2.37. The van der Waals surface area contributed by atoms with Crippen LogP contribution in [-0.2, 0) is 16.1 Å². The van der Waals surface area contributed by atoms with Crippen molar-refractivity contribution in [1.82, 2.24) is 5.48 Å². The zero-order valence-corrected chi connectivity index (χ0v) is 10.9. The van der Waals surface area contributed by atoms with Gasteiger partial charge >= 0.3 is 6.18 Å². The molecule has 0 spiro atoms. The Morgan fingerprint density at radius 3 is 2.50 bits per heavy atom. The summed E-state index contributed by atoms with van der Waals surface area (Å²) in [7, 11) is 2.89. The van der Waals surface area contributed by atoms with Crippen molar-refractivity contribution in [2.45, 2.75) is 12.6 Å². The number of ether oxygens (including phenoxy) is 2. The van der Waals surface area contributed by atoms with Gasteiger partial charge in [-0.05, 0) is 6.07 Å². The summed E-state index contributed by atoms with van der Waals surface area (Å²) in [5.74, 6) is 0.229. The minimum Gasteiger partial charge on any atom is -0.497 e. The molecule has 0 unspecified atom stereocenters. The molecule has 8 heteroatoms. The van der Waals surface area contributed by atoms with Crippen LogP contribution in [0.25, 0.3) is 0 Å². The highest BCUT2D eigenvalue weighted by Gasteiger charge is 2.28. The Kier molecular flexibility index (Phi) is 5.63. The first kappa shape index (κ1) is 16.1. The van der Waals surface area contributed by atoms with E-state index in [0.717, 1.165) is 0 Å². The number of benzene rings is 1. The van der Waals surface area contributed by atoms with Crippen LogP contribution in [-0.4, -0.2) is 32.9 Å². The third-order valence-electron chi connectivity index (χ3n) is 2.27. The largest absolute Gasteiger partial charge is 0.497 e. The van der Waals surface area contributed by atoms with Crippen molar-refractivity contribution in [3.63, 3.8) is 0 Å². The quantitative estimate of drug-likeness (QED) is 0.813. The average molecular weight is 293 g/mol. The summed E-state index contributed by atoms with van der Waals surface area (Å²) in [4.78, 5) is 15.5. The van der Waals surface area contributed by atoms with E-state index < -0.39 is 18.7 Å². The molecule has 1 N–H and O–H groups in total. The minimum atomic E-state index is -4.49. The van der Waals surface area contributed by atoms with Gasteiger partial charge in [0.25, 0.3) is 0 Å². The Balaban J connectivity index is 2.57. The zero-order chi connectivity index (χ0) is 15.2. The van der Waals surface area contributed by atoms with Gasteiger partial charge in [-0.25, -0.2) is 5.48 Å². The van der Waals surface area contributed by atoms with E-state index in [1.165, 1.54) is 14.2 Å². The third kappa shape index (κ3) is 5.35.